The summed E-state index contributed by atoms with van der Waals surface area (Å²) < 4.78 is 5.49. The van der Waals surface area contributed by atoms with E-state index in [0.717, 1.165) is 0 Å². The van der Waals surface area contributed by atoms with Crippen LogP contribution in [0, 0.1) is 5.92 Å². The molecule has 6 heteroatoms. The number of hydrogen-bond acceptors (Lipinski definition) is 3. The molecule has 0 aromatic heterocycles. The van der Waals surface area contributed by atoms with E-state index in [-0.39, 0.29) is 18.2 Å². The summed E-state index contributed by atoms with van der Waals surface area (Å²) in [4.78, 5) is 22.6. The molecule has 0 bridgehead atoms. The van der Waals surface area contributed by atoms with Gasteiger partial charge < -0.3 is 15.2 Å². The maximum atomic E-state index is 11.9. The number of nitrogens with one attached hydrogen (secondary N) is 1. The molecule has 0 heterocycles. The summed E-state index contributed by atoms with van der Waals surface area (Å²) in [5.74, 6) is -0.649. The van der Waals surface area contributed by atoms with E-state index >= 15 is 0 Å². The van der Waals surface area contributed by atoms with Crippen LogP contribution in [0.25, 0.3) is 0 Å². The van der Waals surface area contributed by atoms with Gasteiger partial charge in [-0.2, -0.15) is 0 Å². The summed E-state index contributed by atoms with van der Waals surface area (Å²) >= 11 is 5.77. The molecule has 0 saturated heterocycles. The van der Waals surface area contributed by atoms with Crippen molar-refractivity contribution in [2.24, 2.45) is 5.92 Å². The van der Waals surface area contributed by atoms with Crippen molar-refractivity contribution < 1.29 is 19.4 Å². The summed E-state index contributed by atoms with van der Waals surface area (Å²) in [6.45, 7) is 3.87. The van der Waals surface area contributed by atoms with E-state index in [1.165, 1.54) is 0 Å². The summed E-state index contributed by atoms with van der Waals surface area (Å²) in [6.07, 6.45) is 0.0795. The molecule has 2 N–H and O–H groups in total. The highest BCUT2D eigenvalue weighted by Crippen LogP contribution is 2.16. The Labute approximate surface area is 129 Å². The van der Waals surface area contributed by atoms with E-state index in [9.17, 15) is 9.59 Å². The number of aliphatic carboxylic acids is 1. The normalized spacial score (nSPS) is 13.3. The van der Waals surface area contributed by atoms with Crippen LogP contribution in [0.15, 0.2) is 24.3 Å². The molecule has 21 heavy (non-hydrogen) atoms. The van der Waals surface area contributed by atoms with Crippen molar-refractivity contribution >= 4 is 23.5 Å². The maximum Gasteiger partial charge on any atom is 0.303 e. The van der Waals surface area contributed by atoms with Gasteiger partial charge >= 0.3 is 5.97 Å². The van der Waals surface area contributed by atoms with E-state index in [0.29, 0.717) is 23.7 Å². The highest BCUT2D eigenvalue weighted by molar-refractivity contribution is 6.30. The average Bonchev–Trinajstić information content (AvgIpc) is 2.45. The van der Waals surface area contributed by atoms with Crippen molar-refractivity contribution in [3.05, 3.63) is 29.3 Å². The van der Waals surface area contributed by atoms with Gasteiger partial charge in [0.05, 0.1) is 0 Å². The molecule has 5 nitrogen and oxygen atoms in total. The lowest BCUT2D eigenvalue weighted by Crippen LogP contribution is -2.39. The Hall–Kier alpha value is -1.75. The molecule has 2 unspecified atom stereocenters. The number of benzene rings is 1. The van der Waals surface area contributed by atoms with E-state index in [1.807, 2.05) is 6.92 Å². The second-order valence-electron chi connectivity index (χ2n) is 4.83. The number of carbonyl (C=O) groups excluding carboxylic acids is 1. The van der Waals surface area contributed by atoms with Crippen LogP contribution in [-0.2, 0) is 9.59 Å². The average molecular weight is 314 g/mol. The summed E-state index contributed by atoms with van der Waals surface area (Å²) in [6, 6.07) is 6.74. The molecular weight excluding hydrogens is 294 g/mol. The number of carboxylic acids is 1. The Kier molecular flexibility index (Phi) is 7.02. The first-order valence-corrected chi connectivity index (χ1v) is 7.21. The van der Waals surface area contributed by atoms with Crippen molar-refractivity contribution in [3.63, 3.8) is 0 Å². The summed E-state index contributed by atoms with van der Waals surface area (Å²) in [5, 5.41) is 12.1. The van der Waals surface area contributed by atoms with Crippen LogP contribution in [0.3, 0.4) is 0 Å². The minimum Gasteiger partial charge on any atom is -0.481 e. The van der Waals surface area contributed by atoms with Crippen molar-refractivity contribution in [2.75, 3.05) is 6.54 Å². The highest BCUT2D eigenvalue weighted by atomic mass is 35.5. The Bertz CT molecular complexity index is 475. The number of rotatable bonds is 8. The molecule has 0 aliphatic carbocycles. The highest BCUT2D eigenvalue weighted by Gasteiger charge is 2.17. The first-order chi connectivity index (χ1) is 9.92. The predicted octanol–water partition coefficient (Wildman–Crippen LogP) is 2.72. The Morgan fingerprint density at radius 2 is 1.95 bits per heavy atom. The van der Waals surface area contributed by atoms with Crippen LogP contribution in [0.5, 0.6) is 5.75 Å². The van der Waals surface area contributed by atoms with Crippen molar-refractivity contribution in [3.8, 4) is 5.75 Å². The van der Waals surface area contributed by atoms with Crippen LogP contribution in [0.1, 0.15) is 26.7 Å². The molecule has 0 saturated carbocycles. The molecular formula is C15H20ClNO4. The summed E-state index contributed by atoms with van der Waals surface area (Å²) in [7, 11) is 0. The van der Waals surface area contributed by atoms with Crippen LogP contribution in [0.2, 0.25) is 5.02 Å². The molecule has 0 fully saturated rings. The van der Waals surface area contributed by atoms with E-state index in [1.54, 1.807) is 31.2 Å². The van der Waals surface area contributed by atoms with Crippen molar-refractivity contribution in [1.29, 1.82) is 0 Å². The minimum atomic E-state index is -0.860. The number of hydrogen-bond donors (Lipinski definition) is 2. The van der Waals surface area contributed by atoms with Gasteiger partial charge in [-0.1, -0.05) is 24.9 Å². The predicted molar refractivity (Wildman–Crippen MR) is 80.6 cm³/mol. The lowest BCUT2D eigenvalue weighted by molar-refractivity contribution is -0.138. The van der Waals surface area contributed by atoms with E-state index in [4.69, 9.17) is 21.4 Å². The zero-order valence-corrected chi connectivity index (χ0v) is 12.9. The Balaban J connectivity index is 2.43. The molecule has 0 radical (unpaired) electrons. The summed E-state index contributed by atoms with van der Waals surface area (Å²) in [5.41, 5.74) is 0. The van der Waals surface area contributed by atoms with Gasteiger partial charge in [0.25, 0.3) is 5.91 Å². The lowest BCUT2D eigenvalue weighted by Gasteiger charge is -2.17. The monoisotopic (exact) mass is 313 g/mol. The zero-order chi connectivity index (χ0) is 15.8. The van der Waals surface area contributed by atoms with Gasteiger partial charge in [0.1, 0.15) is 5.75 Å². The van der Waals surface area contributed by atoms with Gasteiger partial charge in [0.15, 0.2) is 6.10 Å². The maximum absolute atomic E-state index is 11.9. The number of carbonyl (C=O) groups is 2. The minimum absolute atomic E-state index is 0.0448. The SMILES string of the molecule is CCC(CNC(=O)C(C)Oc1ccc(Cl)cc1)CC(=O)O. The van der Waals surface area contributed by atoms with E-state index < -0.39 is 12.1 Å². The van der Waals surface area contributed by atoms with Gasteiger partial charge in [0, 0.05) is 18.0 Å². The third kappa shape index (κ3) is 6.49. The second kappa shape index (κ2) is 8.52. The molecule has 1 aromatic carbocycles. The first kappa shape index (κ1) is 17.3. The quantitative estimate of drug-likeness (QED) is 0.773. The number of carboxylic acid groups (broad SMARTS) is 1. The van der Waals surface area contributed by atoms with Crippen LogP contribution in [-0.4, -0.2) is 29.6 Å². The molecule has 1 aromatic rings. The molecule has 116 valence electrons. The van der Waals surface area contributed by atoms with Crippen LogP contribution >= 0.6 is 11.6 Å². The van der Waals surface area contributed by atoms with Gasteiger partial charge in [-0.05, 0) is 37.1 Å². The molecule has 1 rings (SSSR count). The largest absolute Gasteiger partial charge is 0.481 e. The fourth-order valence-electron chi connectivity index (χ4n) is 1.77. The van der Waals surface area contributed by atoms with Gasteiger partial charge in [-0.25, -0.2) is 0 Å². The third-order valence-electron chi connectivity index (χ3n) is 3.10. The molecule has 0 spiro atoms. The lowest BCUT2D eigenvalue weighted by atomic mass is 10.0. The van der Waals surface area contributed by atoms with Crippen molar-refractivity contribution in [1.82, 2.24) is 5.32 Å². The molecule has 2 atom stereocenters. The molecule has 1 amide bonds. The fourth-order valence-corrected chi connectivity index (χ4v) is 1.89. The smallest absolute Gasteiger partial charge is 0.303 e. The Morgan fingerprint density at radius 1 is 1.33 bits per heavy atom. The number of amides is 1. The van der Waals surface area contributed by atoms with Gasteiger partial charge in [0.2, 0.25) is 0 Å². The number of ether oxygens (including phenoxy) is 1. The molecule has 0 aliphatic heterocycles. The second-order valence-corrected chi connectivity index (χ2v) is 5.27. The third-order valence-corrected chi connectivity index (χ3v) is 3.35. The van der Waals surface area contributed by atoms with Crippen LogP contribution < -0.4 is 10.1 Å². The Morgan fingerprint density at radius 3 is 2.48 bits per heavy atom. The topological polar surface area (TPSA) is 75.6 Å². The van der Waals surface area contributed by atoms with Crippen molar-refractivity contribution in [2.45, 2.75) is 32.8 Å². The van der Waals surface area contributed by atoms with Gasteiger partial charge in [-0.15, -0.1) is 0 Å². The molecule has 0 aliphatic rings. The van der Waals surface area contributed by atoms with Crippen LogP contribution in [0.4, 0.5) is 0 Å². The first-order valence-electron chi connectivity index (χ1n) is 6.84. The number of halogens is 1. The van der Waals surface area contributed by atoms with E-state index in [2.05, 4.69) is 5.32 Å². The standard InChI is InChI=1S/C15H20ClNO4/c1-3-11(8-14(18)19)9-17-15(20)10(2)21-13-6-4-12(16)5-7-13/h4-7,10-11H,3,8-9H2,1-2H3,(H,17,20)(H,18,19). The van der Waals surface area contributed by atoms with Gasteiger partial charge in [-0.3, -0.25) is 9.59 Å². The fraction of sp³-hybridized carbons (Fsp3) is 0.467. The zero-order valence-electron chi connectivity index (χ0n) is 12.1.